The number of carbonyl (C=O) groups is 2. The molecule has 1 heterocycles. The number of benzene rings is 3. The molecule has 0 fully saturated rings. The summed E-state index contributed by atoms with van der Waals surface area (Å²) < 4.78 is 24.9. The lowest BCUT2D eigenvalue weighted by molar-refractivity contribution is -0.138. The second kappa shape index (κ2) is 10.2. The number of para-hydroxylation sites is 1. The van der Waals surface area contributed by atoms with Crippen LogP contribution in [0.15, 0.2) is 72.8 Å². The molecule has 0 spiro atoms. The first-order valence-electron chi connectivity index (χ1n) is 10.9. The molecule has 0 aromatic heterocycles. The van der Waals surface area contributed by atoms with Crippen LogP contribution in [-0.4, -0.2) is 36.0 Å². The number of halogens is 1. The van der Waals surface area contributed by atoms with E-state index in [9.17, 15) is 14.0 Å². The van der Waals surface area contributed by atoms with Crippen molar-refractivity contribution < 1.29 is 23.5 Å². The van der Waals surface area contributed by atoms with Crippen LogP contribution in [0.4, 0.5) is 10.1 Å². The first-order valence-corrected chi connectivity index (χ1v) is 10.9. The number of ether oxygens (including phenoxy) is 2. The van der Waals surface area contributed by atoms with E-state index in [1.165, 1.54) is 24.3 Å². The lowest BCUT2D eigenvalue weighted by atomic mass is 10.1. The zero-order chi connectivity index (χ0) is 23.2. The third kappa shape index (κ3) is 5.49. The lowest BCUT2D eigenvalue weighted by Crippen LogP contribution is -2.41. The van der Waals surface area contributed by atoms with E-state index in [-0.39, 0.29) is 11.8 Å². The monoisotopic (exact) mass is 448 g/mol. The highest BCUT2D eigenvalue weighted by Crippen LogP contribution is 2.29. The molecule has 1 atom stereocenters. The van der Waals surface area contributed by atoms with Gasteiger partial charge < -0.3 is 19.7 Å². The van der Waals surface area contributed by atoms with Gasteiger partial charge in [0.05, 0.1) is 6.54 Å². The highest BCUT2D eigenvalue weighted by molar-refractivity contribution is 6.04. The highest BCUT2D eigenvalue weighted by Gasteiger charge is 2.30. The van der Waals surface area contributed by atoms with Crippen LogP contribution in [0.1, 0.15) is 29.3 Å². The molecular weight excluding hydrogens is 423 g/mol. The molecule has 1 aliphatic rings. The van der Waals surface area contributed by atoms with Crippen molar-refractivity contribution in [2.24, 2.45) is 0 Å². The van der Waals surface area contributed by atoms with E-state index in [1.807, 2.05) is 37.3 Å². The molecular formula is C26H25FN2O4. The number of nitrogens with zero attached hydrogens (tertiary/aromatic N) is 1. The molecule has 1 aliphatic heterocycles. The third-order valence-electron chi connectivity index (χ3n) is 5.39. The Morgan fingerprint density at radius 3 is 2.61 bits per heavy atom. The predicted molar refractivity (Wildman–Crippen MR) is 123 cm³/mol. The van der Waals surface area contributed by atoms with Gasteiger partial charge in [0.2, 0.25) is 0 Å². The normalized spacial score (nSPS) is 15.3. The van der Waals surface area contributed by atoms with Gasteiger partial charge in [-0.2, -0.15) is 0 Å². The molecule has 0 saturated heterocycles. The first-order chi connectivity index (χ1) is 16.0. The smallest absolute Gasteiger partial charge is 0.264 e. The van der Waals surface area contributed by atoms with E-state index >= 15 is 0 Å². The number of carbonyl (C=O) groups excluding carboxylic acids is 2. The quantitative estimate of drug-likeness (QED) is 0.571. The van der Waals surface area contributed by atoms with E-state index < -0.39 is 11.9 Å². The average molecular weight is 448 g/mol. The van der Waals surface area contributed by atoms with Crippen molar-refractivity contribution in [3.05, 3.63) is 89.7 Å². The van der Waals surface area contributed by atoms with Gasteiger partial charge in [-0.3, -0.25) is 9.59 Å². The Kier molecular flexibility index (Phi) is 6.88. The van der Waals surface area contributed by atoms with Crippen LogP contribution in [0.2, 0.25) is 0 Å². The van der Waals surface area contributed by atoms with Crippen molar-refractivity contribution in [1.82, 2.24) is 4.90 Å². The van der Waals surface area contributed by atoms with Gasteiger partial charge in [-0.15, -0.1) is 0 Å². The summed E-state index contributed by atoms with van der Waals surface area (Å²) in [5.74, 6) is 0.512. The molecule has 170 valence electrons. The zero-order valence-corrected chi connectivity index (χ0v) is 18.3. The van der Waals surface area contributed by atoms with Crippen LogP contribution >= 0.6 is 0 Å². The summed E-state index contributed by atoms with van der Waals surface area (Å²) in [4.78, 5) is 27.2. The van der Waals surface area contributed by atoms with Gasteiger partial charge in [0.25, 0.3) is 11.8 Å². The summed E-state index contributed by atoms with van der Waals surface area (Å²) in [5, 5.41) is 2.82. The van der Waals surface area contributed by atoms with Crippen molar-refractivity contribution >= 4 is 17.5 Å². The Hall–Kier alpha value is -3.87. The molecule has 0 bridgehead atoms. The third-order valence-corrected chi connectivity index (χ3v) is 5.39. The standard InChI is InChI=1S/C26H25FN2O4/c1-2-23-26(31)29(14-15-32-22-6-4-3-5-7-22)17-19-16-21(12-13-24(19)33-23)28-25(30)18-8-10-20(27)11-9-18/h3-13,16,23H,2,14-15,17H2,1H3,(H,28,30). The molecule has 6 nitrogen and oxygen atoms in total. The van der Waals surface area contributed by atoms with Gasteiger partial charge in [0, 0.05) is 23.4 Å². The maximum atomic E-state index is 13.1. The van der Waals surface area contributed by atoms with Crippen LogP contribution < -0.4 is 14.8 Å². The maximum absolute atomic E-state index is 13.1. The molecule has 0 radical (unpaired) electrons. The minimum absolute atomic E-state index is 0.0951. The fourth-order valence-electron chi connectivity index (χ4n) is 3.63. The van der Waals surface area contributed by atoms with Crippen molar-refractivity contribution in [2.45, 2.75) is 26.0 Å². The fourth-order valence-corrected chi connectivity index (χ4v) is 3.63. The Bertz CT molecular complexity index is 1120. The molecule has 3 aromatic rings. The van der Waals surface area contributed by atoms with Gasteiger partial charge in [-0.1, -0.05) is 25.1 Å². The van der Waals surface area contributed by atoms with Crippen molar-refractivity contribution in [3.63, 3.8) is 0 Å². The lowest BCUT2D eigenvalue weighted by Gasteiger charge is -2.23. The van der Waals surface area contributed by atoms with Crippen LogP contribution in [-0.2, 0) is 11.3 Å². The van der Waals surface area contributed by atoms with Gasteiger partial charge in [-0.05, 0) is 61.0 Å². The number of anilines is 1. The second-order valence-corrected chi connectivity index (χ2v) is 7.72. The molecule has 3 aromatic carbocycles. The van der Waals surface area contributed by atoms with Gasteiger partial charge in [0.1, 0.15) is 23.9 Å². The Balaban J connectivity index is 1.48. The Morgan fingerprint density at radius 1 is 1.12 bits per heavy atom. The molecule has 7 heteroatoms. The molecule has 1 unspecified atom stereocenters. The summed E-state index contributed by atoms with van der Waals surface area (Å²) in [6.07, 6.45) is -0.0418. The summed E-state index contributed by atoms with van der Waals surface area (Å²) in [6.45, 7) is 2.99. The largest absolute Gasteiger partial charge is 0.492 e. The highest BCUT2D eigenvalue weighted by atomic mass is 19.1. The maximum Gasteiger partial charge on any atom is 0.264 e. The predicted octanol–water partition coefficient (Wildman–Crippen LogP) is 4.66. The van der Waals surface area contributed by atoms with Gasteiger partial charge >= 0.3 is 0 Å². The number of rotatable bonds is 7. The number of fused-ring (bicyclic) bond motifs is 1. The van der Waals surface area contributed by atoms with Crippen LogP contribution in [0.3, 0.4) is 0 Å². The van der Waals surface area contributed by atoms with E-state index in [4.69, 9.17) is 9.47 Å². The molecule has 33 heavy (non-hydrogen) atoms. The van der Waals surface area contributed by atoms with Crippen LogP contribution in [0, 0.1) is 5.82 Å². The SMILES string of the molecule is CCC1Oc2ccc(NC(=O)c3ccc(F)cc3)cc2CN(CCOc2ccccc2)C1=O. The van der Waals surface area contributed by atoms with Gasteiger partial charge in [0.15, 0.2) is 6.10 Å². The number of hydrogen-bond donors (Lipinski definition) is 1. The van der Waals surface area contributed by atoms with Crippen molar-refractivity contribution in [3.8, 4) is 11.5 Å². The minimum atomic E-state index is -0.581. The van der Waals surface area contributed by atoms with Crippen LogP contribution in [0.25, 0.3) is 0 Å². The topological polar surface area (TPSA) is 67.9 Å². The second-order valence-electron chi connectivity index (χ2n) is 7.72. The number of nitrogens with one attached hydrogen (secondary N) is 1. The summed E-state index contributed by atoms with van der Waals surface area (Å²) >= 11 is 0. The number of hydrogen-bond acceptors (Lipinski definition) is 4. The summed E-state index contributed by atoms with van der Waals surface area (Å²) in [7, 11) is 0. The molecule has 2 amide bonds. The summed E-state index contributed by atoms with van der Waals surface area (Å²) in [5.41, 5.74) is 1.70. The van der Waals surface area contributed by atoms with E-state index in [1.54, 1.807) is 23.1 Å². The number of amides is 2. The molecule has 0 saturated carbocycles. The molecule has 0 aliphatic carbocycles. The van der Waals surface area contributed by atoms with Crippen molar-refractivity contribution in [2.75, 3.05) is 18.5 Å². The van der Waals surface area contributed by atoms with Crippen molar-refractivity contribution in [1.29, 1.82) is 0 Å². The van der Waals surface area contributed by atoms with E-state index in [0.29, 0.717) is 43.1 Å². The summed E-state index contributed by atoms with van der Waals surface area (Å²) in [6, 6.07) is 20.1. The fraction of sp³-hybridized carbons (Fsp3) is 0.231. The Morgan fingerprint density at radius 2 is 1.88 bits per heavy atom. The molecule has 4 rings (SSSR count). The van der Waals surface area contributed by atoms with Crippen LogP contribution in [0.5, 0.6) is 11.5 Å². The first kappa shape index (κ1) is 22.3. The minimum Gasteiger partial charge on any atom is -0.492 e. The van der Waals surface area contributed by atoms with Gasteiger partial charge in [-0.25, -0.2) is 4.39 Å². The Labute approximate surface area is 191 Å². The average Bonchev–Trinajstić information content (AvgIpc) is 2.96. The van der Waals surface area contributed by atoms with E-state index in [0.717, 1.165) is 11.3 Å². The van der Waals surface area contributed by atoms with E-state index in [2.05, 4.69) is 5.32 Å². The zero-order valence-electron chi connectivity index (χ0n) is 18.3. The molecule has 1 N–H and O–H groups in total.